The fourth-order valence-electron chi connectivity index (χ4n) is 2.71. The van der Waals surface area contributed by atoms with Gasteiger partial charge in [0.2, 0.25) is 8.87 Å². The monoisotopic (exact) mass is 234 g/mol. The molecule has 1 aliphatic heterocycles. The van der Waals surface area contributed by atoms with Crippen LogP contribution in [0, 0.1) is 23.7 Å². The van der Waals surface area contributed by atoms with Gasteiger partial charge in [0.25, 0.3) is 0 Å². The highest BCUT2D eigenvalue weighted by atomic mass is 33.1. The summed E-state index contributed by atoms with van der Waals surface area (Å²) in [6.45, 7) is 4.56. The average molecular weight is 234 g/mol. The van der Waals surface area contributed by atoms with Crippen LogP contribution in [0.1, 0.15) is 26.7 Å². The highest BCUT2D eigenvalue weighted by molar-refractivity contribution is 8.72. The molecule has 1 saturated carbocycles. The number of fused-ring (bicyclic) bond motifs is 1. The minimum absolute atomic E-state index is 0.430. The van der Waals surface area contributed by atoms with Gasteiger partial charge in [0.1, 0.15) is 0 Å². The number of rotatable bonds is 0. The van der Waals surface area contributed by atoms with E-state index in [1.54, 1.807) is 0 Å². The fraction of sp³-hybridized carbons (Fsp3) is 1.00. The van der Waals surface area contributed by atoms with E-state index in [1.807, 2.05) is 0 Å². The molecule has 0 radical (unpaired) electrons. The molecule has 0 bridgehead atoms. The second-order valence-electron chi connectivity index (χ2n) is 4.95. The van der Waals surface area contributed by atoms with Gasteiger partial charge in [0, 0.05) is 5.75 Å². The van der Waals surface area contributed by atoms with Gasteiger partial charge in [0.15, 0.2) is 0 Å². The lowest BCUT2D eigenvalue weighted by molar-refractivity contribution is 0.160. The van der Waals surface area contributed by atoms with E-state index in [-0.39, 0.29) is 0 Å². The van der Waals surface area contributed by atoms with Crippen molar-refractivity contribution in [2.24, 2.45) is 23.7 Å². The Morgan fingerprint density at radius 1 is 1.07 bits per heavy atom. The molecule has 2 aliphatic rings. The summed E-state index contributed by atoms with van der Waals surface area (Å²) in [7, 11) is -1.60. The lowest BCUT2D eigenvalue weighted by Crippen LogP contribution is -2.37. The van der Waals surface area contributed by atoms with Crippen molar-refractivity contribution >= 4 is 19.7 Å². The van der Waals surface area contributed by atoms with E-state index in [0.29, 0.717) is 23.5 Å². The maximum atomic E-state index is 11.5. The first-order valence-electron chi connectivity index (χ1n) is 5.35. The van der Waals surface area contributed by atoms with E-state index >= 15 is 0 Å². The summed E-state index contributed by atoms with van der Waals surface area (Å²) in [4.78, 5) is 0. The highest BCUT2D eigenvalue weighted by Crippen LogP contribution is 2.44. The van der Waals surface area contributed by atoms with Crippen LogP contribution in [0.25, 0.3) is 0 Å². The molecule has 0 unspecified atom stereocenters. The van der Waals surface area contributed by atoms with Crippen LogP contribution in [-0.4, -0.2) is 19.9 Å². The minimum atomic E-state index is -2.78. The molecule has 2 fully saturated rings. The Morgan fingerprint density at radius 3 is 2.29 bits per heavy atom. The van der Waals surface area contributed by atoms with E-state index in [9.17, 15) is 8.42 Å². The Bertz CT molecular complexity index is 310. The Kier molecular flexibility index (Phi) is 2.86. The van der Waals surface area contributed by atoms with Gasteiger partial charge in [-0.25, -0.2) is 8.42 Å². The van der Waals surface area contributed by atoms with Crippen molar-refractivity contribution in [3.05, 3.63) is 0 Å². The van der Waals surface area contributed by atoms with Crippen LogP contribution < -0.4 is 0 Å². The molecular weight excluding hydrogens is 216 g/mol. The summed E-state index contributed by atoms with van der Waals surface area (Å²) < 4.78 is 22.9. The quantitative estimate of drug-likeness (QED) is 0.603. The van der Waals surface area contributed by atoms with Gasteiger partial charge in [-0.15, -0.1) is 0 Å². The highest BCUT2D eigenvalue weighted by Gasteiger charge is 2.39. The van der Waals surface area contributed by atoms with Crippen molar-refractivity contribution in [2.75, 3.05) is 11.5 Å². The van der Waals surface area contributed by atoms with E-state index in [1.165, 1.54) is 17.2 Å². The summed E-state index contributed by atoms with van der Waals surface area (Å²) >= 11 is 0. The molecule has 1 saturated heterocycles. The molecule has 2 rings (SSSR count). The number of hydrogen-bond acceptors (Lipinski definition) is 3. The van der Waals surface area contributed by atoms with Crippen molar-refractivity contribution in [1.29, 1.82) is 0 Å². The van der Waals surface area contributed by atoms with Gasteiger partial charge in [-0.1, -0.05) is 13.8 Å². The van der Waals surface area contributed by atoms with Gasteiger partial charge >= 0.3 is 0 Å². The number of hydrogen-bond donors (Lipinski definition) is 0. The van der Waals surface area contributed by atoms with Crippen LogP contribution in [0.4, 0.5) is 0 Å². The summed E-state index contributed by atoms with van der Waals surface area (Å²) in [6.07, 6.45) is 2.35. The predicted octanol–water partition coefficient (Wildman–Crippen LogP) is 2.36. The van der Waals surface area contributed by atoms with Gasteiger partial charge in [-0.3, -0.25) is 0 Å². The molecule has 14 heavy (non-hydrogen) atoms. The molecule has 0 spiro atoms. The van der Waals surface area contributed by atoms with Crippen molar-refractivity contribution in [3.63, 3.8) is 0 Å². The van der Waals surface area contributed by atoms with Crippen molar-refractivity contribution < 1.29 is 8.42 Å². The molecule has 2 nitrogen and oxygen atoms in total. The maximum Gasteiger partial charge on any atom is 0.201 e. The molecule has 4 atom stereocenters. The van der Waals surface area contributed by atoms with Crippen LogP contribution in [0.5, 0.6) is 0 Å². The molecule has 4 heteroatoms. The van der Waals surface area contributed by atoms with Gasteiger partial charge < -0.3 is 0 Å². The van der Waals surface area contributed by atoms with E-state index in [0.717, 1.165) is 18.1 Å². The third-order valence-electron chi connectivity index (χ3n) is 3.87. The molecule has 0 N–H and O–H groups in total. The zero-order valence-electron chi connectivity index (χ0n) is 8.77. The maximum absolute atomic E-state index is 11.5. The molecule has 1 heterocycles. The second kappa shape index (κ2) is 3.71. The SMILES string of the molecule is C[C@H]1C[C@@H]2CS(=O)(=O)SC[C@H]2C[C@@H]1C. The Balaban J connectivity index is 2.09. The minimum Gasteiger partial charge on any atom is -0.217 e. The van der Waals surface area contributed by atoms with E-state index < -0.39 is 8.87 Å². The van der Waals surface area contributed by atoms with Gasteiger partial charge in [0.05, 0.1) is 5.75 Å². The van der Waals surface area contributed by atoms with Crippen molar-refractivity contribution in [1.82, 2.24) is 0 Å². The van der Waals surface area contributed by atoms with Crippen LogP contribution in [-0.2, 0) is 8.87 Å². The first kappa shape index (κ1) is 10.8. The van der Waals surface area contributed by atoms with Crippen LogP contribution >= 0.6 is 10.8 Å². The van der Waals surface area contributed by atoms with Crippen molar-refractivity contribution in [3.8, 4) is 0 Å². The zero-order chi connectivity index (χ0) is 10.3. The van der Waals surface area contributed by atoms with E-state index in [2.05, 4.69) is 13.8 Å². The second-order valence-corrected chi connectivity index (χ2v) is 9.20. The summed E-state index contributed by atoms with van der Waals surface area (Å²) in [6, 6.07) is 0. The lowest BCUT2D eigenvalue weighted by atomic mass is 9.71. The van der Waals surface area contributed by atoms with Crippen LogP contribution in [0.3, 0.4) is 0 Å². The predicted molar refractivity (Wildman–Crippen MR) is 60.8 cm³/mol. The largest absolute Gasteiger partial charge is 0.217 e. The molecule has 0 aromatic carbocycles. The molecule has 0 amide bonds. The van der Waals surface area contributed by atoms with Gasteiger partial charge in [-0.05, 0) is 47.3 Å². The summed E-state index contributed by atoms with van der Waals surface area (Å²) in [5.41, 5.74) is 0. The smallest absolute Gasteiger partial charge is 0.201 e. The van der Waals surface area contributed by atoms with E-state index in [4.69, 9.17) is 0 Å². The Hall–Kier alpha value is 0.300. The molecule has 82 valence electrons. The Morgan fingerprint density at radius 2 is 1.64 bits per heavy atom. The molecule has 0 aromatic rings. The molecule has 0 aromatic heterocycles. The molecule has 1 aliphatic carbocycles. The first-order chi connectivity index (χ1) is 6.48. The lowest BCUT2D eigenvalue weighted by Gasteiger charge is -2.40. The zero-order valence-corrected chi connectivity index (χ0v) is 10.4. The Labute approximate surface area is 90.2 Å². The third kappa shape index (κ3) is 2.11. The van der Waals surface area contributed by atoms with Crippen LogP contribution in [0.15, 0.2) is 0 Å². The standard InChI is InChI=1S/C10H18O2S2/c1-7-3-9-5-13-14(11,12)6-10(9)4-8(7)2/h7-10H,3-6H2,1-2H3/t7-,8-,9+,10+/m0/s1. The third-order valence-corrected chi connectivity index (χ3v) is 7.52. The first-order valence-corrected chi connectivity index (χ1v) is 8.50. The summed E-state index contributed by atoms with van der Waals surface area (Å²) in [5.74, 6) is 3.86. The summed E-state index contributed by atoms with van der Waals surface area (Å²) in [5, 5.41) is 0. The molecular formula is C10H18O2S2. The normalized spacial score (nSPS) is 47.0. The van der Waals surface area contributed by atoms with Crippen LogP contribution in [0.2, 0.25) is 0 Å². The average Bonchev–Trinajstić information content (AvgIpc) is 2.07. The van der Waals surface area contributed by atoms with Crippen molar-refractivity contribution in [2.45, 2.75) is 26.7 Å². The topological polar surface area (TPSA) is 34.1 Å². The van der Waals surface area contributed by atoms with Gasteiger partial charge in [-0.2, -0.15) is 0 Å². The fourth-order valence-corrected chi connectivity index (χ4v) is 6.49.